The molecule has 2 rings (SSSR count). The molecule has 0 unspecified atom stereocenters. The average molecular weight is 254 g/mol. The molecule has 2 N–H and O–H groups in total. The van der Waals surface area contributed by atoms with Crippen LogP contribution in [0.2, 0.25) is 0 Å². The van der Waals surface area contributed by atoms with Crippen molar-refractivity contribution in [3.8, 4) is 0 Å². The number of rotatable bonds is 3. The second-order valence-electron chi connectivity index (χ2n) is 3.41. The topological polar surface area (TPSA) is 96.8 Å². The molecule has 17 heavy (non-hydrogen) atoms. The molecule has 90 valence electrons. The number of hydrogen-bond donors (Lipinski definition) is 2. The largest absolute Gasteiger partial charge is 0.316 e. The lowest BCUT2D eigenvalue weighted by atomic mass is 10.4. The Balaban J connectivity index is 2.33. The van der Waals surface area contributed by atoms with Crippen LogP contribution in [0.4, 0.5) is 5.69 Å². The molecular weight excluding hydrogens is 244 g/mol. The molecule has 8 heteroatoms. The van der Waals surface area contributed by atoms with Gasteiger partial charge in [-0.05, 0) is 6.07 Å². The zero-order valence-corrected chi connectivity index (χ0v) is 9.73. The predicted octanol–water partition coefficient (Wildman–Crippen LogP) is -0.0908. The molecule has 2 aromatic rings. The molecule has 0 aliphatic rings. The molecule has 0 saturated carbocycles. The third kappa shape index (κ3) is 2.36. The number of sulfonamides is 1. The zero-order valence-electron chi connectivity index (χ0n) is 8.91. The second kappa shape index (κ2) is 4.06. The first-order valence-electron chi connectivity index (χ1n) is 4.67. The summed E-state index contributed by atoms with van der Waals surface area (Å²) in [6.07, 6.45) is 3.87. The number of aromatic nitrogens is 3. The number of H-pyrrole nitrogens is 1. The number of pyridine rings is 1. The van der Waals surface area contributed by atoms with E-state index >= 15 is 0 Å². The monoisotopic (exact) mass is 254 g/mol. The van der Waals surface area contributed by atoms with Crippen molar-refractivity contribution in [2.45, 2.75) is 4.90 Å². The third-order valence-electron chi connectivity index (χ3n) is 2.12. The lowest BCUT2D eigenvalue weighted by Gasteiger charge is -2.06. The van der Waals surface area contributed by atoms with Gasteiger partial charge in [0.1, 0.15) is 4.90 Å². The van der Waals surface area contributed by atoms with Gasteiger partial charge in [0.2, 0.25) is 5.56 Å². The van der Waals surface area contributed by atoms with Crippen molar-refractivity contribution >= 4 is 15.7 Å². The van der Waals surface area contributed by atoms with Crippen molar-refractivity contribution in [3.05, 3.63) is 41.1 Å². The SMILES string of the molecule is Cn1cc(NS(=O)(=O)c2cn[nH]c2)ccc1=O. The molecule has 0 amide bonds. The molecule has 7 nitrogen and oxygen atoms in total. The lowest BCUT2D eigenvalue weighted by Crippen LogP contribution is -2.18. The fourth-order valence-electron chi connectivity index (χ4n) is 1.25. The Morgan fingerprint density at radius 2 is 2.18 bits per heavy atom. The zero-order chi connectivity index (χ0) is 12.5. The van der Waals surface area contributed by atoms with Crippen LogP contribution >= 0.6 is 0 Å². The van der Waals surface area contributed by atoms with Gasteiger partial charge in [0.15, 0.2) is 0 Å². The highest BCUT2D eigenvalue weighted by Gasteiger charge is 2.15. The van der Waals surface area contributed by atoms with E-state index in [-0.39, 0.29) is 10.5 Å². The minimum Gasteiger partial charge on any atom is -0.316 e. The summed E-state index contributed by atoms with van der Waals surface area (Å²) in [5.74, 6) is 0. The predicted molar refractivity (Wildman–Crippen MR) is 61.1 cm³/mol. The molecule has 0 aliphatic carbocycles. The van der Waals surface area contributed by atoms with E-state index in [4.69, 9.17) is 0 Å². The maximum absolute atomic E-state index is 11.8. The Morgan fingerprint density at radius 3 is 2.76 bits per heavy atom. The normalized spacial score (nSPS) is 11.4. The smallest absolute Gasteiger partial charge is 0.265 e. The molecule has 2 aromatic heterocycles. The van der Waals surface area contributed by atoms with E-state index in [0.29, 0.717) is 5.69 Å². The summed E-state index contributed by atoms with van der Waals surface area (Å²) < 4.78 is 27.2. The van der Waals surface area contributed by atoms with Gasteiger partial charge in [-0.3, -0.25) is 14.6 Å². The molecule has 0 fully saturated rings. The molecule has 0 aromatic carbocycles. The molecule has 2 heterocycles. The molecule has 0 bridgehead atoms. The van der Waals surface area contributed by atoms with Crippen LogP contribution in [0, 0.1) is 0 Å². The first kappa shape index (κ1) is 11.4. The van der Waals surface area contributed by atoms with Crippen LogP contribution in [0.25, 0.3) is 0 Å². The second-order valence-corrected chi connectivity index (χ2v) is 5.09. The van der Waals surface area contributed by atoms with Crippen molar-refractivity contribution in [2.75, 3.05) is 4.72 Å². The number of aromatic amines is 1. The van der Waals surface area contributed by atoms with E-state index in [0.717, 1.165) is 0 Å². The van der Waals surface area contributed by atoms with Gasteiger partial charge in [-0.15, -0.1) is 0 Å². The Bertz CT molecular complexity index is 673. The van der Waals surface area contributed by atoms with E-state index in [1.807, 2.05) is 0 Å². The van der Waals surface area contributed by atoms with Gasteiger partial charge in [-0.2, -0.15) is 5.10 Å². The number of hydrogen-bond acceptors (Lipinski definition) is 4. The van der Waals surface area contributed by atoms with Crippen molar-refractivity contribution < 1.29 is 8.42 Å². The summed E-state index contributed by atoms with van der Waals surface area (Å²) in [6, 6.07) is 2.69. The van der Waals surface area contributed by atoms with Crippen LogP contribution in [0.1, 0.15) is 0 Å². The standard InChI is InChI=1S/C9H10N4O3S/c1-13-6-7(2-3-9(13)14)12-17(15,16)8-4-10-11-5-8/h2-6,12H,1H3,(H,10,11). The number of nitrogens with one attached hydrogen (secondary N) is 2. The van der Waals surface area contributed by atoms with Gasteiger partial charge in [-0.1, -0.05) is 0 Å². The summed E-state index contributed by atoms with van der Waals surface area (Å²) in [6.45, 7) is 0. The van der Waals surface area contributed by atoms with Gasteiger partial charge < -0.3 is 4.57 Å². The molecule has 0 atom stereocenters. The fraction of sp³-hybridized carbons (Fsp3) is 0.111. The van der Waals surface area contributed by atoms with Crippen LogP contribution in [0.3, 0.4) is 0 Å². The summed E-state index contributed by atoms with van der Waals surface area (Å²) >= 11 is 0. The first-order valence-corrected chi connectivity index (χ1v) is 6.16. The molecule has 0 radical (unpaired) electrons. The van der Waals surface area contributed by atoms with E-state index in [1.165, 1.54) is 42.3 Å². The maximum atomic E-state index is 11.8. The van der Waals surface area contributed by atoms with Crippen LogP contribution in [-0.2, 0) is 17.1 Å². The number of anilines is 1. The minimum absolute atomic E-state index is 0.0337. The Labute approximate surface area is 97.2 Å². The van der Waals surface area contributed by atoms with Crippen LogP contribution in [-0.4, -0.2) is 23.2 Å². The van der Waals surface area contributed by atoms with Crippen LogP contribution < -0.4 is 10.3 Å². The molecule has 0 spiro atoms. The molecule has 0 saturated heterocycles. The van der Waals surface area contributed by atoms with Crippen LogP contribution in [0.15, 0.2) is 40.4 Å². The summed E-state index contributed by atoms with van der Waals surface area (Å²) in [5, 5.41) is 5.98. The lowest BCUT2D eigenvalue weighted by molar-refractivity contribution is 0.601. The van der Waals surface area contributed by atoms with Crippen molar-refractivity contribution in [2.24, 2.45) is 7.05 Å². The Morgan fingerprint density at radius 1 is 1.41 bits per heavy atom. The highest BCUT2D eigenvalue weighted by Crippen LogP contribution is 2.12. The fourth-order valence-corrected chi connectivity index (χ4v) is 2.20. The van der Waals surface area contributed by atoms with E-state index in [1.54, 1.807) is 0 Å². The van der Waals surface area contributed by atoms with Gasteiger partial charge >= 0.3 is 0 Å². The van der Waals surface area contributed by atoms with Crippen molar-refractivity contribution in [1.29, 1.82) is 0 Å². The quantitative estimate of drug-likeness (QED) is 0.799. The van der Waals surface area contributed by atoms with Gasteiger partial charge in [-0.25, -0.2) is 8.42 Å². The highest BCUT2D eigenvalue weighted by molar-refractivity contribution is 7.92. The first-order chi connectivity index (χ1) is 7.99. The number of nitrogens with zero attached hydrogens (tertiary/aromatic N) is 2. The molecule has 0 aliphatic heterocycles. The van der Waals surface area contributed by atoms with Gasteiger partial charge in [0.05, 0.1) is 11.9 Å². The Kier molecular flexibility index (Phi) is 2.72. The molecular formula is C9H10N4O3S. The van der Waals surface area contributed by atoms with E-state index < -0.39 is 10.0 Å². The summed E-state index contributed by atoms with van der Waals surface area (Å²) in [7, 11) is -2.12. The van der Waals surface area contributed by atoms with E-state index in [2.05, 4.69) is 14.9 Å². The van der Waals surface area contributed by atoms with Crippen molar-refractivity contribution in [3.63, 3.8) is 0 Å². The Hall–Kier alpha value is -2.09. The summed E-state index contributed by atoms with van der Waals surface area (Å²) in [4.78, 5) is 11.2. The van der Waals surface area contributed by atoms with Gasteiger partial charge in [0.25, 0.3) is 10.0 Å². The summed E-state index contributed by atoms with van der Waals surface area (Å²) in [5.41, 5.74) is 0.101. The van der Waals surface area contributed by atoms with Crippen LogP contribution in [0.5, 0.6) is 0 Å². The minimum atomic E-state index is -3.66. The maximum Gasteiger partial charge on any atom is 0.265 e. The van der Waals surface area contributed by atoms with Gasteiger partial charge in [0, 0.05) is 25.5 Å². The highest BCUT2D eigenvalue weighted by atomic mass is 32.2. The van der Waals surface area contributed by atoms with E-state index in [9.17, 15) is 13.2 Å². The number of aryl methyl sites for hydroxylation is 1. The third-order valence-corrected chi connectivity index (χ3v) is 3.47. The van der Waals surface area contributed by atoms with Crippen molar-refractivity contribution in [1.82, 2.24) is 14.8 Å². The average Bonchev–Trinajstić information content (AvgIpc) is 2.77.